The van der Waals surface area contributed by atoms with Gasteiger partial charge in [0.15, 0.2) is 0 Å². The maximum atomic E-state index is 4.76. The minimum atomic E-state index is 0.444. The van der Waals surface area contributed by atoms with Crippen LogP contribution in [0.1, 0.15) is 49.5 Å². The summed E-state index contributed by atoms with van der Waals surface area (Å²) < 4.78 is 2.01. The van der Waals surface area contributed by atoms with Crippen molar-refractivity contribution in [1.82, 2.24) is 30.2 Å². The van der Waals surface area contributed by atoms with Crippen molar-refractivity contribution in [3.05, 3.63) is 35.7 Å². The molecule has 0 bridgehead atoms. The summed E-state index contributed by atoms with van der Waals surface area (Å²) in [6.45, 7) is 2.01. The van der Waals surface area contributed by atoms with Gasteiger partial charge in [0.05, 0.1) is 28.5 Å². The number of fused-ring (bicyclic) bond motifs is 1. The molecule has 1 fully saturated rings. The van der Waals surface area contributed by atoms with E-state index < -0.39 is 0 Å². The lowest BCUT2D eigenvalue weighted by Gasteiger charge is -2.21. The molecule has 124 valence electrons. The Morgan fingerprint density at radius 3 is 2.62 bits per heavy atom. The number of hydrogen-bond donors (Lipinski definition) is 0. The van der Waals surface area contributed by atoms with E-state index in [1.807, 2.05) is 35.9 Å². The van der Waals surface area contributed by atoms with E-state index in [4.69, 9.17) is 4.98 Å². The lowest BCUT2D eigenvalue weighted by Crippen LogP contribution is -2.15. The number of nitrogens with zero attached hydrogens (tertiary/aromatic N) is 6. The van der Waals surface area contributed by atoms with Crippen molar-refractivity contribution in [2.45, 2.75) is 56.0 Å². The summed E-state index contributed by atoms with van der Waals surface area (Å²) in [5, 5.41) is 13.2. The van der Waals surface area contributed by atoms with Gasteiger partial charge in [0.1, 0.15) is 0 Å². The van der Waals surface area contributed by atoms with E-state index in [1.165, 1.54) is 32.1 Å². The number of aryl methyl sites for hydroxylation is 1. The summed E-state index contributed by atoms with van der Waals surface area (Å²) in [6, 6.07) is 8.42. The van der Waals surface area contributed by atoms with E-state index in [0.29, 0.717) is 6.04 Å². The molecule has 2 heterocycles. The fraction of sp³-hybridized carbons (Fsp3) is 0.471. The molecule has 0 saturated heterocycles. The van der Waals surface area contributed by atoms with Crippen molar-refractivity contribution in [3.63, 3.8) is 0 Å². The molecule has 0 atom stereocenters. The van der Waals surface area contributed by atoms with Gasteiger partial charge in [0.2, 0.25) is 5.16 Å². The number of rotatable bonds is 4. The fourth-order valence-corrected chi connectivity index (χ4v) is 4.18. The molecule has 6 nitrogen and oxygen atoms in total. The van der Waals surface area contributed by atoms with Gasteiger partial charge in [-0.3, -0.25) is 0 Å². The van der Waals surface area contributed by atoms with Crippen LogP contribution in [0.5, 0.6) is 0 Å². The molecule has 0 aliphatic heterocycles. The van der Waals surface area contributed by atoms with Gasteiger partial charge >= 0.3 is 0 Å². The Hall–Kier alpha value is -2.02. The predicted molar refractivity (Wildman–Crippen MR) is 93.8 cm³/mol. The summed E-state index contributed by atoms with van der Waals surface area (Å²) >= 11 is 1.65. The highest BCUT2D eigenvalue weighted by Gasteiger charge is 2.20. The molecule has 1 saturated carbocycles. The van der Waals surface area contributed by atoms with Gasteiger partial charge in [-0.25, -0.2) is 14.6 Å². The number of hydrogen-bond acceptors (Lipinski definition) is 6. The first kappa shape index (κ1) is 15.5. The standard InChI is InChI=1S/C17H20N6S/c1-12-16(19-15-10-6-5-9-14(15)18-12)11-24-17-20-21-22-23(17)13-7-3-2-4-8-13/h5-6,9-10,13H,2-4,7-8,11H2,1H3. The van der Waals surface area contributed by atoms with E-state index in [-0.39, 0.29) is 0 Å². The van der Waals surface area contributed by atoms with Gasteiger partial charge in [-0.1, -0.05) is 43.2 Å². The third-order valence-electron chi connectivity index (χ3n) is 4.56. The fourth-order valence-electron chi connectivity index (χ4n) is 3.23. The molecule has 1 aromatic carbocycles. The Balaban J connectivity index is 1.53. The second-order valence-corrected chi connectivity index (χ2v) is 7.17. The first-order valence-corrected chi connectivity index (χ1v) is 9.43. The van der Waals surface area contributed by atoms with Crippen LogP contribution in [0.2, 0.25) is 0 Å². The number of aromatic nitrogens is 6. The van der Waals surface area contributed by atoms with Crippen LogP contribution in [0.25, 0.3) is 11.0 Å². The molecule has 0 spiro atoms. The van der Waals surface area contributed by atoms with Crippen molar-refractivity contribution in [2.24, 2.45) is 0 Å². The van der Waals surface area contributed by atoms with Crippen LogP contribution < -0.4 is 0 Å². The van der Waals surface area contributed by atoms with Crippen LogP contribution in [0, 0.1) is 6.92 Å². The lowest BCUT2D eigenvalue weighted by atomic mass is 9.96. The molecule has 1 aliphatic carbocycles. The van der Waals surface area contributed by atoms with E-state index in [9.17, 15) is 0 Å². The monoisotopic (exact) mass is 340 g/mol. The zero-order chi connectivity index (χ0) is 16.4. The maximum absolute atomic E-state index is 4.76. The lowest BCUT2D eigenvalue weighted by molar-refractivity contribution is 0.307. The first-order chi connectivity index (χ1) is 11.8. The highest BCUT2D eigenvalue weighted by molar-refractivity contribution is 7.98. The molecule has 1 aliphatic rings. The predicted octanol–water partition coefficient (Wildman–Crippen LogP) is 3.72. The summed E-state index contributed by atoms with van der Waals surface area (Å²) in [5.74, 6) is 0.733. The van der Waals surface area contributed by atoms with E-state index in [1.54, 1.807) is 11.8 Å². The Labute approximate surface area is 145 Å². The third-order valence-corrected chi connectivity index (χ3v) is 5.51. The van der Waals surface area contributed by atoms with Crippen LogP contribution >= 0.6 is 11.8 Å². The smallest absolute Gasteiger partial charge is 0.209 e. The van der Waals surface area contributed by atoms with Gasteiger partial charge in [-0.15, -0.1) is 5.10 Å². The summed E-state index contributed by atoms with van der Waals surface area (Å²) in [6.07, 6.45) is 6.21. The van der Waals surface area contributed by atoms with Crippen molar-refractivity contribution in [2.75, 3.05) is 0 Å². The average molecular weight is 340 g/mol. The Morgan fingerprint density at radius 2 is 1.83 bits per heavy atom. The van der Waals surface area contributed by atoms with Crippen LogP contribution in [0.3, 0.4) is 0 Å². The normalized spacial score (nSPS) is 15.9. The zero-order valence-corrected chi connectivity index (χ0v) is 14.5. The van der Waals surface area contributed by atoms with Gasteiger partial charge in [0.25, 0.3) is 0 Å². The minimum Gasteiger partial charge on any atom is -0.250 e. The van der Waals surface area contributed by atoms with Crippen LogP contribution in [-0.2, 0) is 5.75 Å². The molecular weight excluding hydrogens is 320 g/mol. The van der Waals surface area contributed by atoms with Crippen molar-refractivity contribution in [1.29, 1.82) is 0 Å². The van der Waals surface area contributed by atoms with E-state index >= 15 is 0 Å². The molecule has 4 rings (SSSR count). The molecule has 0 radical (unpaired) electrons. The topological polar surface area (TPSA) is 69.4 Å². The molecule has 7 heteroatoms. The van der Waals surface area contributed by atoms with Gasteiger partial charge in [-0.2, -0.15) is 0 Å². The second-order valence-electron chi connectivity index (χ2n) is 6.23. The minimum absolute atomic E-state index is 0.444. The Kier molecular flexibility index (Phi) is 4.42. The van der Waals surface area contributed by atoms with Gasteiger partial charge in [0, 0.05) is 5.75 Å². The second kappa shape index (κ2) is 6.84. The first-order valence-electron chi connectivity index (χ1n) is 8.44. The quantitative estimate of drug-likeness (QED) is 0.674. The number of para-hydroxylation sites is 2. The van der Waals surface area contributed by atoms with Crippen molar-refractivity contribution >= 4 is 22.8 Å². The van der Waals surface area contributed by atoms with Crippen LogP contribution in [0.15, 0.2) is 29.4 Å². The largest absolute Gasteiger partial charge is 0.250 e. The third kappa shape index (κ3) is 3.13. The highest BCUT2D eigenvalue weighted by atomic mass is 32.2. The van der Waals surface area contributed by atoms with Crippen molar-refractivity contribution < 1.29 is 0 Å². The Morgan fingerprint density at radius 1 is 1.08 bits per heavy atom. The maximum Gasteiger partial charge on any atom is 0.209 e. The molecular formula is C17H20N6S. The summed E-state index contributed by atoms with van der Waals surface area (Å²) in [7, 11) is 0. The van der Waals surface area contributed by atoms with Gasteiger partial charge < -0.3 is 0 Å². The van der Waals surface area contributed by atoms with Crippen LogP contribution in [0.4, 0.5) is 0 Å². The van der Waals surface area contributed by atoms with Crippen LogP contribution in [-0.4, -0.2) is 30.2 Å². The van der Waals surface area contributed by atoms with E-state index in [0.717, 1.165) is 33.3 Å². The highest BCUT2D eigenvalue weighted by Crippen LogP contribution is 2.31. The molecule has 2 aromatic heterocycles. The van der Waals surface area contributed by atoms with E-state index in [2.05, 4.69) is 20.5 Å². The Bertz CT molecular complexity index is 840. The average Bonchev–Trinajstić information content (AvgIpc) is 3.09. The van der Waals surface area contributed by atoms with Gasteiger partial charge in [-0.05, 0) is 42.3 Å². The molecule has 3 aromatic rings. The van der Waals surface area contributed by atoms with Crippen molar-refractivity contribution in [3.8, 4) is 0 Å². The molecule has 0 amide bonds. The SMILES string of the molecule is Cc1nc2ccccc2nc1CSc1nnnn1C1CCCCC1. The zero-order valence-electron chi connectivity index (χ0n) is 13.7. The number of thioether (sulfide) groups is 1. The summed E-state index contributed by atoms with van der Waals surface area (Å²) in [5.41, 5.74) is 3.84. The number of tetrazole rings is 1. The number of benzene rings is 1. The summed E-state index contributed by atoms with van der Waals surface area (Å²) in [4.78, 5) is 9.41. The molecule has 24 heavy (non-hydrogen) atoms. The molecule has 0 N–H and O–H groups in total. The molecule has 0 unspecified atom stereocenters.